The van der Waals surface area contributed by atoms with Crippen LogP contribution in [0.5, 0.6) is 0 Å². The zero-order valence-electron chi connectivity index (χ0n) is 14.6. The highest BCUT2D eigenvalue weighted by Crippen LogP contribution is 2.36. The molecule has 0 spiro atoms. The van der Waals surface area contributed by atoms with Gasteiger partial charge in [-0.3, -0.25) is 10.1 Å². The molecule has 0 unspecified atom stereocenters. The molecule has 0 aliphatic heterocycles. The summed E-state index contributed by atoms with van der Waals surface area (Å²) in [4.78, 5) is 20.2. The van der Waals surface area contributed by atoms with Gasteiger partial charge in [0, 0.05) is 10.9 Å². The van der Waals surface area contributed by atoms with Gasteiger partial charge < -0.3 is 5.32 Å². The van der Waals surface area contributed by atoms with E-state index < -0.39 is 17.8 Å². The Kier molecular flexibility index (Phi) is 5.58. The number of halogens is 5. The van der Waals surface area contributed by atoms with Gasteiger partial charge in [-0.05, 0) is 30.3 Å². The molecule has 2 aromatic carbocycles. The number of amides is 1. The van der Waals surface area contributed by atoms with Crippen molar-refractivity contribution in [1.29, 1.82) is 0 Å². The average molecular weight is 489 g/mol. The van der Waals surface area contributed by atoms with E-state index in [4.69, 9.17) is 23.2 Å². The van der Waals surface area contributed by atoms with E-state index in [0.717, 1.165) is 10.1 Å². The monoisotopic (exact) mass is 488 g/mol. The molecule has 0 bridgehead atoms. The number of fused-ring (bicyclic) bond motifs is 1. The van der Waals surface area contributed by atoms with Crippen LogP contribution in [0, 0.1) is 0 Å². The zero-order valence-corrected chi connectivity index (χ0v) is 17.7. The fraction of sp³-hybridized carbons (Fsp3) is 0.0556. The Labute approximate surface area is 185 Å². The summed E-state index contributed by atoms with van der Waals surface area (Å²) < 4.78 is 38.7. The number of hydrogen-bond donors (Lipinski definition) is 2. The number of nitrogens with zero attached hydrogens (tertiary/aromatic N) is 2. The van der Waals surface area contributed by atoms with E-state index in [-0.39, 0.29) is 10.7 Å². The number of aromatic nitrogens is 2. The lowest BCUT2D eigenvalue weighted by Crippen LogP contribution is -2.12. The summed E-state index contributed by atoms with van der Waals surface area (Å²) in [6.45, 7) is 0. The van der Waals surface area contributed by atoms with Crippen LogP contribution in [0.2, 0.25) is 10.0 Å². The summed E-state index contributed by atoms with van der Waals surface area (Å²) in [6, 6.07) is 9.89. The molecule has 0 fully saturated rings. The van der Waals surface area contributed by atoms with Crippen molar-refractivity contribution < 1.29 is 18.0 Å². The number of thiazole rings is 2. The van der Waals surface area contributed by atoms with Crippen LogP contribution in [0.4, 0.5) is 29.1 Å². The number of para-hydroxylation sites is 1. The Balaban J connectivity index is 1.55. The Morgan fingerprint density at radius 3 is 2.43 bits per heavy atom. The van der Waals surface area contributed by atoms with Gasteiger partial charge in [-0.2, -0.15) is 13.2 Å². The normalized spacial score (nSPS) is 11.6. The fourth-order valence-corrected chi connectivity index (χ4v) is 4.53. The Hall–Kier alpha value is -2.40. The molecule has 4 aromatic rings. The van der Waals surface area contributed by atoms with Gasteiger partial charge in [0.25, 0.3) is 5.91 Å². The van der Waals surface area contributed by atoms with E-state index in [1.807, 2.05) is 0 Å². The van der Waals surface area contributed by atoms with Gasteiger partial charge in [0.2, 0.25) is 0 Å². The predicted octanol–water partition coefficient (Wildman–Crippen LogP) is 7.07. The van der Waals surface area contributed by atoms with Gasteiger partial charge in [-0.1, -0.05) is 40.6 Å². The smallest absolute Gasteiger partial charge is 0.329 e. The van der Waals surface area contributed by atoms with Gasteiger partial charge in [0.1, 0.15) is 0 Å². The summed E-state index contributed by atoms with van der Waals surface area (Å²) in [5, 5.41) is 7.53. The van der Waals surface area contributed by atoms with E-state index in [1.54, 1.807) is 36.4 Å². The van der Waals surface area contributed by atoms with Crippen molar-refractivity contribution in [2.24, 2.45) is 0 Å². The molecular formula is C18H9Cl2F3N4OS2. The lowest BCUT2D eigenvalue weighted by molar-refractivity contribution is -0.140. The summed E-state index contributed by atoms with van der Waals surface area (Å²) in [7, 11) is 0. The first kappa shape index (κ1) is 20.9. The molecule has 0 aliphatic carbocycles. The minimum atomic E-state index is -4.56. The van der Waals surface area contributed by atoms with Crippen molar-refractivity contribution in [2.75, 3.05) is 10.6 Å². The molecule has 1 amide bonds. The maximum Gasteiger partial charge on any atom is 0.434 e. The van der Waals surface area contributed by atoms with Crippen LogP contribution in [0.15, 0.2) is 41.8 Å². The molecule has 0 atom stereocenters. The highest BCUT2D eigenvalue weighted by atomic mass is 35.5. The summed E-state index contributed by atoms with van der Waals surface area (Å²) in [6.07, 6.45) is -4.56. The zero-order chi connectivity index (χ0) is 21.5. The number of hydrogen-bond acceptors (Lipinski definition) is 6. The van der Waals surface area contributed by atoms with Gasteiger partial charge in [0.15, 0.2) is 16.0 Å². The second kappa shape index (κ2) is 8.03. The molecule has 5 nitrogen and oxygen atoms in total. The number of carbonyl (C=O) groups is 1. The first-order valence-corrected chi connectivity index (χ1v) is 10.6. The standard InChI is InChI=1S/C18H9Cl2F3N4OS2/c19-9-2-1-3-10(20)14(9)26-17-24-11-6-8(4-5-12(11)30-17)15(28)27-16-25-13(7-29-16)18(21,22)23/h1-7H,(H,24,26)(H,25,27,28). The van der Waals surface area contributed by atoms with Crippen molar-refractivity contribution >= 4 is 77.9 Å². The first-order valence-electron chi connectivity index (χ1n) is 8.16. The molecule has 2 aromatic heterocycles. The fourth-order valence-electron chi connectivity index (χ4n) is 2.48. The van der Waals surface area contributed by atoms with Crippen LogP contribution >= 0.6 is 45.9 Å². The molecule has 4 rings (SSSR count). The van der Waals surface area contributed by atoms with Crippen LogP contribution in [-0.4, -0.2) is 15.9 Å². The second-order valence-corrected chi connectivity index (χ2v) is 8.62. The van der Waals surface area contributed by atoms with Gasteiger partial charge >= 0.3 is 6.18 Å². The van der Waals surface area contributed by atoms with Crippen molar-refractivity contribution in [3.63, 3.8) is 0 Å². The largest absolute Gasteiger partial charge is 0.434 e. The average Bonchev–Trinajstić information content (AvgIpc) is 3.30. The minimum absolute atomic E-state index is 0.138. The Morgan fingerprint density at radius 1 is 1.03 bits per heavy atom. The minimum Gasteiger partial charge on any atom is -0.329 e. The lowest BCUT2D eigenvalue weighted by atomic mass is 10.2. The highest BCUT2D eigenvalue weighted by Gasteiger charge is 2.34. The van der Waals surface area contributed by atoms with E-state index in [1.165, 1.54) is 11.3 Å². The van der Waals surface area contributed by atoms with Crippen LogP contribution < -0.4 is 10.6 Å². The third kappa shape index (κ3) is 4.36. The molecule has 2 N–H and O–H groups in total. The van der Waals surface area contributed by atoms with Crippen LogP contribution in [-0.2, 0) is 6.18 Å². The van der Waals surface area contributed by atoms with E-state index >= 15 is 0 Å². The first-order chi connectivity index (χ1) is 14.2. The van der Waals surface area contributed by atoms with Gasteiger partial charge in [-0.15, -0.1) is 11.3 Å². The van der Waals surface area contributed by atoms with Crippen LogP contribution in [0.1, 0.15) is 16.1 Å². The number of alkyl halides is 3. The maximum absolute atomic E-state index is 12.6. The molecule has 30 heavy (non-hydrogen) atoms. The lowest BCUT2D eigenvalue weighted by Gasteiger charge is -2.06. The number of anilines is 3. The Bertz CT molecular complexity index is 1240. The number of nitrogens with one attached hydrogen (secondary N) is 2. The molecular weight excluding hydrogens is 480 g/mol. The van der Waals surface area contributed by atoms with E-state index in [2.05, 4.69) is 20.6 Å². The molecule has 0 aliphatic rings. The van der Waals surface area contributed by atoms with Crippen molar-refractivity contribution in [3.8, 4) is 0 Å². The number of rotatable bonds is 4. The summed E-state index contributed by atoms with van der Waals surface area (Å²) in [5.41, 5.74) is 0.237. The van der Waals surface area contributed by atoms with Crippen molar-refractivity contribution in [3.05, 3.63) is 63.1 Å². The van der Waals surface area contributed by atoms with Gasteiger partial charge in [-0.25, -0.2) is 9.97 Å². The van der Waals surface area contributed by atoms with E-state index in [9.17, 15) is 18.0 Å². The molecule has 154 valence electrons. The van der Waals surface area contributed by atoms with Crippen molar-refractivity contribution in [2.45, 2.75) is 6.18 Å². The molecule has 0 saturated heterocycles. The van der Waals surface area contributed by atoms with Crippen LogP contribution in [0.3, 0.4) is 0 Å². The summed E-state index contributed by atoms with van der Waals surface area (Å²) in [5.74, 6) is -0.586. The maximum atomic E-state index is 12.6. The molecule has 2 heterocycles. The highest BCUT2D eigenvalue weighted by molar-refractivity contribution is 7.22. The van der Waals surface area contributed by atoms with Crippen LogP contribution in [0.25, 0.3) is 10.2 Å². The van der Waals surface area contributed by atoms with Crippen molar-refractivity contribution in [1.82, 2.24) is 9.97 Å². The summed E-state index contributed by atoms with van der Waals surface area (Å²) >= 11 is 14.3. The molecule has 0 radical (unpaired) electrons. The third-order valence-electron chi connectivity index (χ3n) is 3.86. The van der Waals surface area contributed by atoms with E-state index in [0.29, 0.717) is 37.7 Å². The topological polar surface area (TPSA) is 66.9 Å². The second-order valence-electron chi connectivity index (χ2n) is 5.91. The molecule has 12 heteroatoms. The third-order valence-corrected chi connectivity index (χ3v) is 6.20. The quantitative estimate of drug-likeness (QED) is 0.322. The van der Waals surface area contributed by atoms with Gasteiger partial charge in [0.05, 0.1) is 25.9 Å². The SMILES string of the molecule is O=C(Nc1nc(C(F)(F)F)cs1)c1ccc2sc(Nc3c(Cl)cccc3Cl)nc2c1. The Morgan fingerprint density at radius 2 is 1.77 bits per heavy atom. The number of benzene rings is 2. The predicted molar refractivity (Wildman–Crippen MR) is 114 cm³/mol. The molecule has 0 saturated carbocycles. The number of carbonyl (C=O) groups excluding carboxylic acids is 1.